The Hall–Kier alpha value is -1.92. The van der Waals surface area contributed by atoms with Crippen molar-refractivity contribution in [2.45, 2.75) is 45.6 Å². The second-order valence-corrected chi connectivity index (χ2v) is 7.09. The van der Waals surface area contributed by atoms with E-state index in [0.717, 1.165) is 32.2 Å². The molecule has 26 heavy (non-hydrogen) atoms. The van der Waals surface area contributed by atoms with Crippen molar-refractivity contribution >= 4 is 28.4 Å². The van der Waals surface area contributed by atoms with Gasteiger partial charge in [-0.05, 0) is 44.4 Å². The highest BCUT2D eigenvalue weighted by molar-refractivity contribution is 6.31. The number of fused-ring (bicyclic) bond motifs is 1. The second-order valence-electron chi connectivity index (χ2n) is 6.65. The van der Waals surface area contributed by atoms with Crippen LogP contribution in [0.3, 0.4) is 0 Å². The van der Waals surface area contributed by atoms with Gasteiger partial charge in [-0.15, -0.1) is 0 Å². The average Bonchev–Trinajstić information content (AvgIpc) is 2.60. The van der Waals surface area contributed by atoms with Gasteiger partial charge in [-0.2, -0.15) is 0 Å². The first-order valence-electron chi connectivity index (χ1n) is 9.09. The molecule has 142 valence electrons. The lowest BCUT2D eigenvalue weighted by Crippen LogP contribution is -2.50. The Kier molecular flexibility index (Phi) is 7.17. The third-order valence-corrected chi connectivity index (χ3v) is 4.95. The minimum atomic E-state index is -0.290. The molecule has 1 aromatic heterocycles. The molecule has 0 saturated carbocycles. The zero-order valence-corrected chi connectivity index (χ0v) is 16.6. The minimum absolute atomic E-state index is 0.0184. The number of quaternary nitrogens is 1. The van der Waals surface area contributed by atoms with E-state index in [1.807, 2.05) is 6.92 Å². The van der Waals surface area contributed by atoms with Gasteiger partial charge in [-0.25, -0.2) is 4.98 Å². The average molecular weight is 380 g/mol. The predicted octanol–water partition coefficient (Wildman–Crippen LogP) is 2.30. The van der Waals surface area contributed by atoms with E-state index >= 15 is 0 Å². The van der Waals surface area contributed by atoms with Crippen LogP contribution < -0.4 is 11.3 Å². The van der Waals surface area contributed by atoms with E-state index in [9.17, 15) is 9.59 Å². The van der Waals surface area contributed by atoms with E-state index in [1.54, 1.807) is 37.1 Å². The lowest BCUT2D eigenvalue weighted by molar-refractivity contribution is -0.368. The fourth-order valence-corrected chi connectivity index (χ4v) is 3.38. The van der Waals surface area contributed by atoms with Crippen molar-refractivity contribution in [2.75, 3.05) is 13.1 Å². The third-order valence-electron chi connectivity index (χ3n) is 4.72. The van der Waals surface area contributed by atoms with Crippen LogP contribution in [0.25, 0.3) is 10.9 Å². The molecule has 1 heterocycles. The Morgan fingerprint density at radius 2 is 2.00 bits per heavy atom. The molecule has 0 aliphatic carbocycles. The van der Waals surface area contributed by atoms with Crippen LogP contribution in [0.15, 0.2) is 23.0 Å². The number of hydrogen-bond donors (Lipinski definition) is 1. The molecular weight excluding hydrogens is 352 g/mol. The fourth-order valence-electron chi connectivity index (χ4n) is 3.21. The van der Waals surface area contributed by atoms with E-state index in [1.165, 1.54) is 4.57 Å². The van der Waals surface area contributed by atoms with Crippen molar-refractivity contribution < 1.29 is 10.5 Å². The molecule has 2 aromatic rings. The molecule has 6 nitrogen and oxygen atoms in total. The molecule has 0 radical (unpaired) electrons. The van der Waals surface area contributed by atoms with Crippen molar-refractivity contribution in [2.24, 2.45) is 7.05 Å². The van der Waals surface area contributed by atoms with Gasteiger partial charge in [0.05, 0.1) is 23.5 Å². The summed E-state index contributed by atoms with van der Waals surface area (Å²) in [4.78, 5) is 31.2. The smallest absolute Gasteiger partial charge is 0.261 e. The lowest BCUT2D eigenvalue weighted by Gasteiger charge is -2.29. The topological polar surface area (TPSA) is 82.8 Å². The fraction of sp³-hybridized carbons (Fsp3) is 0.526. The van der Waals surface area contributed by atoms with Gasteiger partial charge in [-0.3, -0.25) is 14.2 Å². The van der Waals surface area contributed by atoms with E-state index in [4.69, 9.17) is 11.6 Å². The molecule has 0 unspecified atom stereocenters. The van der Waals surface area contributed by atoms with Crippen molar-refractivity contribution in [1.29, 1.82) is 0 Å². The molecule has 1 aromatic carbocycles. The molecule has 0 aliphatic rings. The quantitative estimate of drug-likeness (QED) is 0.714. The van der Waals surface area contributed by atoms with Crippen LogP contribution in [-0.4, -0.2) is 33.4 Å². The summed E-state index contributed by atoms with van der Waals surface area (Å²) >= 11 is 6.05. The second kappa shape index (κ2) is 9.14. The molecule has 3 N–H and O–H groups in total. The highest BCUT2D eigenvalue weighted by atomic mass is 35.5. The van der Waals surface area contributed by atoms with Crippen LogP contribution in [0.1, 0.15) is 51.4 Å². The van der Waals surface area contributed by atoms with Crippen LogP contribution in [0, 0.1) is 0 Å². The summed E-state index contributed by atoms with van der Waals surface area (Å²) in [5.41, 5.74) is 4.27. The Bertz CT molecular complexity index is 834. The van der Waals surface area contributed by atoms with Crippen molar-refractivity contribution in [1.82, 2.24) is 14.5 Å². The van der Waals surface area contributed by atoms with Crippen LogP contribution >= 0.6 is 11.6 Å². The lowest BCUT2D eigenvalue weighted by atomic mass is 10.1. The Labute approximate surface area is 159 Å². The van der Waals surface area contributed by atoms with Gasteiger partial charge in [0.1, 0.15) is 5.82 Å². The van der Waals surface area contributed by atoms with Gasteiger partial charge in [0.25, 0.3) is 5.56 Å². The van der Waals surface area contributed by atoms with Gasteiger partial charge in [0, 0.05) is 25.5 Å². The monoisotopic (exact) mass is 379 g/mol. The number of amides is 1. The highest BCUT2D eigenvalue weighted by Crippen LogP contribution is 2.22. The number of unbranched alkanes of at least 4 members (excludes halogenated alkanes) is 3. The number of carbonyl (C=O) groups excluding carboxylic acids is 1. The summed E-state index contributed by atoms with van der Waals surface area (Å²) in [5, 5.41) is 1.06. The molecule has 0 bridgehead atoms. The van der Waals surface area contributed by atoms with Crippen molar-refractivity contribution in [3.05, 3.63) is 39.4 Å². The molecule has 0 spiro atoms. The van der Waals surface area contributed by atoms with Crippen LogP contribution in [0.4, 0.5) is 0 Å². The van der Waals surface area contributed by atoms with E-state index in [0.29, 0.717) is 28.3 Å². The molecule has 0 aliphatic heterocycles. The van der Waals surface area contributed by atoms with Crippen LogP contribution in [-0.2, 0) is 11.8 Å². The van der Waals surface area contributed by atoms with Crippen LogP contribution in [0.5, 0.6) is 0 Å². The summed E-state index contributed by atoms with van der Waals surface area (Å²) < 4.78 is 1.53. The van der Waals surface area contributed by atoms with Gasteiger partial charge >= 0.3 is 0 Å². The standard InChI is InChI=1S/C19H27ClN4O2/c1-13(24(14(2)25)11-7-5-4-6-10-21)18-22-17-12-15(20)8-9-16(17)19(26)23(18)3/h8-9,12-13H,4-7,10-11,21H2,1-3H3/p+1/t13-/m0/s1. The number of halogens is 1. The molecule has 1 atom stereocenters. The van der Waals surface area contributed by atoms with Crippen molar-refractivity contribution in [3.63, 3.8) is 0 Å². The van der Waals surface area contributed by atoms with Gasteiger partial charge < -0.3 is 10.6 Å². The summed E-state index contributed by atoms with van der Waals surface area (Å²) in [7, 11) is 1.70. The first kappa shape index (κ1) is 20.4. The predicted molar refractivity (Wildman–Crippen MR) is 104 cm³/mol. The van der Waals surface area contributed by atoms with E-state index in [-0.39, 0.29) is 17.5 Å². The molecule has 1 amide bonds. The number of rotatable bonds is 8. The highest BCUT2D eigenvalue weighted by Gasteiger charge is 2.22. The van der Waals surface area contributed by atoms with Gasteiger partial charge in [-0.1, -0.05) is 18.0 Å². The third kappa shape index (κ3) is 4.62. The maximum absolute atomic E-state index is 12.7. The maximum Gasteiger partial charge on any atom is 0.261 e. The zero-order chi connectivity index (χ0) is 19.3. The van der Waals surface area contributed by atoms with Crippen LogP contribution in [0.2, 0.25) is 5.02 Å². The molecule has 2 rings (SSSR count). The molecule has 0 saturated heterocycles. The number of benzene rings is 1. The normalized spacial score (nSPS) is 12.3. The largest absolute Gasteiger partial charge is 0.358 e. The number of nitrogens with zero attached hydrogens (tertiary/aromatic N) is 3. The first-order chi connectivity index (χ1) is 12.4. The molecule has 0 fully saturated rings. The number of carbonyl (C=O) groups is 1. The Balaban J connectivity index is 2.30. The van der Waals surface area contributed by atoms with E-state index < -0.39 is 0 Å². The maximum atomic E-state index is 12.7. The number of hydrogen-bond acceptors (Lipinski definition) is 3. The van der Waals surface area contributed by atoms with Gasteiger partial charge in [0.2, 0.25) is 5.91 Å². The summed E-state index contributed by atoms with van der Waals surface area (Å²) in [5.74, 6) is 0.549. The van der Waals surface area contributed by atoms with E-state index in [2.05, 4.69) is 10.7 Å². The first-order valence-corrected chi connectivity index (χ1v) is 9.47. The minimum Gasteiger partial charge on any atom is -0.358 e. The zero-order valence-electron chi connectivity index (χ0n) is 15.8. The summed E-state index contributed by atoms with van der Waals surface area (Å²) in [6.45, 7) is 5.06. The summed E-state index contributed by atoms with van der Waals surface area (Å²) in [6.07, 6.45) is 4.22. The number of aromatic nitrogens is 2. The molecular formula is C19H28ClN4O2+. The van der Waals surface area contributed by atoms with Crippen molar-refractivity contribution in [3.8, 4) is 0 Å². The van der Waals surface area contributed by atoms with Gasteiger partial charge in [0.15, 0.2) is 0 Å². The SMILES string of the molecule is CC(=O)N(CCCCCC[NH3+])[C@@H](C)c1nc2cc(Cl)ccc2c(=O)n1C. The Morgan fingerprint density at radius 3 is 2.65 bits per heavy atom. The summed E-state index contributed by atoms with van der Waals surface area (Å²) in [6, 6.07) is 4.77. The molecule has 7 heteroatoms. The Morgan fingerprint density at radius 1 is 1.31 bits per heavy atom.